The molecule has 0 unspecified atom stereocenters. The number of nitrogens with zero attached hydrogens (tertiary/aromatic N) is 3. The maximum Gasteiger partial charge on any atom is 0.257 e. The zero-order chi connectivity index (χ0) is 13.1. The molecule has 0 spiro atoms. The van der Waals surface area contributed by atoms with E-state index in [9.17, 15) is 0 Å². The summed E-state index contributed by atoms with van der Waals surface area (Å²) in [6.07, 6.45) is 0.0219. The van der Waals surface area contributed by atoms with E-state index in [4.69, 9.17) is 14.5 Å². The van der Waals surface area contributed by atoms with Crippen LogP contribution in [0.2, 0.25) is 0 Å². The van der Waals surface area contributed by atoms with Crippen LogP contribution in [-0.2, 0) is 0 Å². The molecular formula is C13H13N3O2. The third-order valence-corrected chi connectivity index (χ3v) is 2.24. The Morgan fingerprint density at radius 1 is 1.39 bits per heavy atom. The van der Waals surface area contributed by atoms with Crippen molar-refractivity contribution in [2.75, 3.05) is 0 Å². The Balaban J connectivity index is 2.39. The van der Waals surface area contributed by atoms with Gasteiger partial charge in [0, 0.05) is 5.56 Å². The maximum absolute atomic E-state index is 9.11. The van der Waals surface area contributed by atoms with Gasteiger partial charge in [0.1, 0.15) is 11.8 Å². The number of ether oxygens (including phenoxy) is 1. The molecule has 1 heterocycles. The van der Waals surface area contributed by atoms with E-state index >= 15 is 0 Å². The number of hydrogen-bond acceptors (Lipinski definition) is 5. The lowest BCUT2D eigenvalue weighted by atomic mass is 10.1. The fourth-order valence-electron chi connectivity index (χ4n) is 1.52. The van der Waals surface area contributed by atoms with E-state index in [1.807, 2.05) is 13.8 Å². The average molecular weight is 243 g/mol. The third-order valence-electron chi connectivity index (χ3n) is 2.24. The lowest BCUT2D eigenvalue weighted by Gasteiger charge is -2.11. The number of aromatic nitrogens is 2. The average Bonchev–Trinajstić information content (AvgIpc) is 2.75. The number of hydrogen-bond donors (Lipinski definition) is 0. The number of rotatable bonds is 3. The molecule has 0 N–H and O–H groups in total. The highest BCUT2D eigenvalue weighted by Crippen LogP contribution is 2.26. The molecule has 0 saturated heterocycles. The minimum Gasteiger partial charge on any atom is -0.490 e. The van der Waals surface area contributed by atoms with Crippen LogP contribution in [0.5, 0.6) is 5.75 Å². The molecule has 2 aromatic rings. The Morgan fingerprint density at radius 2 is 2.17 bits per heavy atom. The van der Waals surface area contributed by atoms with Gasteiger partial charge in [-0.2, -0.15) is 10.2 Å². The molecule has 5 nitrogen and oxygen atoms in total. The van der Waals surface area contributed by atoms with E-state index in [0.717, 1.165) is 0 Å². The van der Waals surface area contributed by atoms with E-state index < -0.39 is 0 Å². The van der Waals surface area contributed by atoms with Crippen molar-refractivity contribution in [2.45, 2.75) is 26.9 Å². The largest absolute Gasteiger partial charge is 0.490 e. The van der Waals surface area contributed by atoms with Gasteiger partial charge in [0.15, 0.2) is 5.82 Å². The van der Waals surface area contributed by atoms with Crippen LogP contribution < -0.4 is 4.74 Å². The summed E-state index contributed by atoms with van der Waals surface area (Å²) in [6, 6.07) is 7.33. The summed E-state index contributed by atoms with van der Waals surface area (Å²) in [6.45, 7) is 5.57. The lowest BCUT2D eigenvalue weighted by molar-refractivity contribution is 0.242. The molecule has 2 rings (SSSR count). The van der Waals surface area contributed by atoms with Gasteiger partial charge in [0.25, 0.3) is 5.89 Å². The summed E-state index contributed by atoms with van der Waals surface area (Å²) in [4.78, 5) is 4.12. The quantitative estimate of drug-likeness (QED) is 0.828. The first-order valence-corrected chi connectivity index (χ1v) is 5.61. The molecule has 1 aromatic heterocycles. The third kappa shape index (κ3) is 2.48. The molecule has 5 heteroatoms. The summed E-state index contributed by atoms with van der Waals surface area (Å²) in [5.41, 5.74) is 1.17. The van der Waals surface area contributed by atoms with Crippen molar-refractivity contribution in [1.29, 1.82) is 5.26 Å². The molecule has 92 valence electrons. The molecule has 1 aromatic carbocycles. The van der Waals surface area contributed by atoms with Gasteiger partial charge in [-0.05, 0) is 39.0 Å². The van der Waals surface area contributed by atoms with Crippen LogP contribution in [0.15, 0.2) is 22.7 Å². The molecule has 0 atom stereocenters. The highest BCUT2D eigenvalue weighted by molar-refractivity contribution is 5.60. The van der Waals surface area contributed by atoms with E-state index in [1.165, 1.54) is 0 Å². The predicted octanol–water partition coefficient (Wildman–Crippen LogP) is 2.70. The van der Waals surface area contributed by atoms with Crippen LogP contribution >= 0.6 is 0 Å². The lowest BCUT2D eigenvalue weighted by Crippen LogP contribution is -2.06. The monoisotopic (exact) mass is 243 g/mol. The van der Waals surface area contributed by atoms with E-state index in [-0.39, 0.29) is 6.10 Å². The van der Waals surface area contributed by atoms with Gasteiger partial charge < -0.3 is 9.26 Å². The molecule has 18 heavy (non-hydrogen) atoms. The highest BCUT2D eigenvalue weighted by Gasteiger charge is 2.11. The van der Waals surface area contributed by atoms with Crippen LogP contribution in [-0.4, -0.2) is 16.2 Å². The zero-order valence-corrected chi connectivity index (χ0v) is 10.5. The van der Waals surface area contributed by atoms with Crippen LogP contribution in [0, 0.1) is 18.3 Å². The SMILES string of the molecule is Cc1noc(-c2ccc(OC(C)C)c(C#N)c2)n1. The van der Waals surface area contributed by atoms with E-state index in [0.29, 0.717) is 28.6 Å². The van der Waals surface area contributed by atoms with Crippen molar-refractivity contribution in [1.82, 2.24) is 10.1 Å². The molecular weight excluding hydrogens is 230 g/mol. The topological polar surface area (TPSA) is 71.9 Å². The molecule has 0 fully saturated rings. The van der Waals surface area contributed by atoms with Crippen molar-refractivity contribution >= 4 is 0 Å². The van der Waals surface area contributed by atoms with Crippen LogP contribution in [0.4, 0.5) is 0 Å². The standard InChI is InChI=1S/C13H13N3O2/c1-8(2)17-12-5-4-10(6-11(12)7-14)13-15-9(3)16-18-13/h4-6,8H,1-3H3. The molecule has 0 saturated carbocycles. The Morgan fingerprint density at radius 3 is 2.72 bits per heavy atom. The van der Waals surface area contributed by atoms with Crippen LogP contribution in [0.1, 0.15) is 25.2 Å². The Hall–Kier alpha value is -2.35. The number of aryl methyl sites for hydroxylation is 1. The maximum atomic E-state index is 9.11. The van der Waals surface area contributed by atoms with Crippen molar-refractivity contribution in [3.05, 3.63) is 29.6 Å². The molecule has 0 aliphatic heterocycles. The number of benzene rings is 1. The minimum atomic E-state index is 0.0219. The van der Waals surface area contributed by atoms with Gasteiger partial charge in [0.05, 0.1) is 11.7 Å². The van der Waals surface area contributed by atoms with E-state index in [1.54, 1.807) is 25.1 Å². The van der Waals surface area contributed by atoms with Crippen molar-refractivity contribution in [3.8, 4) is 23.3 Å². The summed E-state index contributed by atoms with van der Waals surface area (Å²) >= 11 is 0. The fourth-order valence-corrected chi connectivity index (χ4v) is 1.52. The van der Waals surface area contributed by atoms with Gasteiger partial charge in [-0.15, -0.1) is 0 Å². The van der Waals surface area contributed by atoms with Gasteiger partial charge in [-0.1, -0.05) is 5.16 Å². The summed E-state index contributed by atoms with van der Waals surface area (Å²) in [5, 5.41) is 12.8. The molecule has 0 amide bonds. The molecule has 0 aliphatic carbocycles. The Kier molecular flexibility index (Phi) is 3.28. The van der Waals surface area contributed by atoms with Gasteiger partial charge in [-0.3, -0.25) is 0 Å². The second-order valence-corrected chi connectivity index (χ2v) is 4.14. The van der Waals surface area contributed by atoms with Crippen LogP contribution in [0.25, 0.3) is 11.5 Å². The number of nitriles is 1. The van der Waals surface area contributed by atoms with Gasteiger partial charge in [0.2, 0.25) is 0 Å². The predicted molar refractivity (Wildman–Crippen MR) is 65.0 cm³/mol. The smallest absolute Gasteiger partial charge is 0.257 e. The van der Waals surface area contributed by atoms with E-state index in [2.05, 4.69) is 16.2 Å². The van der Waals surface area contributed by atoms with Gasteiger partial charge in [-0.25, -0.2) is 0 Å². The van der Waals surface area contributed by atoms with Crippen molar-refractivity contribution in [2.24, 2.45) is 0 Å². The summed E-state index contributed by atoms with van der Waals surface area (Å²) in [7, 11) is 0. The minimum absolute atomic E-state index is 0.0219. The second kappa shape index (κ2) is 4.88. The summed E-state index contributed by atoms with van der Waals surface area (Å²) < 4.78 is 10.6. The normalized spacial score (nSPS) is 10.4. The van der Waals surface area contributed by atoms with Crippen molar-refractivity contribution < 1.29 is 9.26 Å². The first-order chi connectivity index (χ1) is 8.60. The first kappa shape index (κ1) is 12.1. The zero-order valence-electron chi connectivity index (χ0n) is 10.5. The highest BCUT2D eigenvalue weighted by atomic mass is 16.5. The Labute approximate surface area is 105 Å². The summed E-state index contributed by atoms with van der Waals surface area (Å²) in [5.74, 6) is 1.53. The Bertz CT molecular complexity index is 597. The van der Waals surface area contributed by atoms with Crippen LogP contribution in [0.3, 0.4) is 0 Å². The fraction of sp³-hybridized carbons (Fsp3) is 0.308. The van der Waals surface area contributed by atoms with Crippen molar-refractivity contribution in [3.63, 3.8) is 0 Å². The molecule has 0 bridgehead atoms. The molecule has 0 radical (unpaired) electrons. The molecule has 0 aliphatic rings. The second-order valence-electron chi connectivity index (χ2n) is 4.14. The van der Waals surface area contributed by atoms with Gasteiger partial charge >= 0.3 is 0 Å². The first-order valence-electron chi connectivity index (χ1n) is 5.61.